The van der Waals surface area contributed by atoms with Crippen molar-refractivity contribution in [1.29, 1.82) is 0 Å². The Morgan fingerprint density at radius 2 is 2.29 bits per heavy atom. The molecule has 1 amide bonds. The summed E-state index contributed by atoms with van der Waals surface area (Å²) in [5.41, 5.74) is -0.466. The van der Waals surface area contributed by atoms with Crippen molar-refractivity contribution in [2.45, 2.75) is 6.42 Å². The maximum Gasteiger partial charge on any atom is 0.300 e. The summed E-state index contributed by atoms with van der Waals surface area (Å²) in [6.45, 7) is 0.263. The highest BCUT2D eigenvalue weighted by molar-refractivity contribution is 6.33. The molecule has 0 aliphatic heterocycles. The first kappa shape index (κ1) is 13.0. The van der Waals surface area contributed by atoms with Crippen molar-refractivity contribution in [3.05, 3.63) is 38.9 Å². The van der Waals surface area contributed by atoms with Crippen LogP contribution in [0.4, 0.5) is 5.69 Å². The summed E-state index contributed by atoms with van der Waals surface area (Å²) in [7, 11) is 0. The van der Waals surface area contributed by atoms with Crippen LogP contribution in [0.5, 0.6) is 0 Å². The first-order valence-corrected chi connectivity index (χ1v) is 5.10. The van der Waals surface area contributed by atoms with E-state index in [1.165, 1.54) is 18.2 Å². The van der Waals surface area contributed by atoms with Crippen LogP contribution in [0.2, 0.25) is 5.02 Å². The molecule has 0 aliphatic carbocycles. The third-order valence-corrected chi connectivity index (χ3v) is 2.27. The van der Waals surface area contributed by atoms with Gasteiger partial charge in [0.05, 0.1) is 4.92 Å². The molecule has 0 saturated heterocycles. The first-order chi connectivity index (χ1) is 8.07. The maximum absolute atomic E-state index is 11.7. The Bertz CT molecular complexity index is 494. The van der Waals surface area contributed by atoms with E-state index in [4.69, 9.17) is 18.0 Å². The summed E-state index contributed by atoms with van der Waals surface area (Å²) in [5.74, 6) is 1.79. The average molecular weight is 253 g/mol. The molecule has 0 saturated carbocycles. The number of hydrogen-bond donors (Lipinski definition) is 1. The van der Waals surface area contributed by atoms with Gasteiger partial charge in [-0.05, 0) is 12.1 Å². The molecule has 0 atom stereocenters. The topological polar surface area (TPSA) is 72.2 Å². The number of benzene rings is 1. The fourth-order valence-corrected chi connectivity index (χ4v) is 1.47. The molecular weight excluding hydrogens is 244 g/mol. The maximum atomic E-state index is 11.7. The lowest BCUT2D eigenvalue weighted by Crippen LogP contribution is -2.25. The summed E-state index contributed by atoms with van der Waals surface area (Å²) < 4.78 is 0. The number of terminal acetylenes is 1. The van der Waals surface area contributed by atoms with E-state index in [1.54, 1.807) is 0 Å². The zero-order valence-corrected chi connectivity index (χ0v) is 9.53. The van der Waals surface area contributed by atoms with Crippen molar-refractivity contribution >= 4 is 23.2 Å². The third kappa shape index (κ3) is 3.20. The Morgan fingerprint density at radius 1 is 1.59 bits per heavy atom. The quantitative estimate of drug-likeness (QED) is 0.386. The molecule has 0 aliphatic rings. The number of amides is 1. The van der Waals surface area contributed by atoms with Crippen LogP contribution in [-0.2, 0) is 0 Å². The molecule has 88 valence electrons. The number of rotatable bonds is 4. The standard InChI is InChI=1S/C11H9ClN2O3/c1-2-3-7-13-11(15)8-5-4-6-9(12)10(8)14(16)17/h1,4-6H,3,7H2,(H,13,15). The molecule has 0 fully saturated rings. The van der Waals surface area contributed by atoms with Gasteiger partial charge in [0.15, 0.2) is 0 Å². The summed E-state index contributed by atoms with van der Waals surface area (Å²) >= 11 is 5.68. The summed E-state index contributed by atoms with van der Waals surface area (Å²) in [6, 6.07) is 4.18. The number of para-hydroxylation sites is 1. The molecular formula is C11H9ClN2O3. The smallest absolute Gasteiger partial charge is 0.300 e. The summed E-state index contributed by atoms with van der Waals surface area (Å²) in [4.78, 5) is 21.8. The van der Waals surface area contributed by atoms with Gasteiger partial charge in [0, 0.05) is 13.0 Å². The minimum absolute atomic E-state index is 0.0698. The van der Waals surface area contributed by atoms with E-state index in [0.717, 1.165) is 0 Å². The normalized spacial score (nSPS) is 9.41. The van der Waals surface area contributed by atoms with Crippen LogP contribution in [0.25, 0.3) is 0 Å². The highest BCUT2D eigenvalue weighted by Crippen LogP contribution is 2.27. The van der Waals surface area contributed by atoms with Gasteiger partial charge in [-0.15, -0.1) is 12.3 Å². The zero-order chi connectivity index (χ0) is 12.8. The number of carbonyl (C=O) groups is 1. The van der Waals surface area contributed by atoms with Crippen LogP contribution in [0.15, 0.2) is 18.2 Å². The van der Waals surface area contributed by atoms with Gasteiger partial charge in [-0.3, -0.25) is 14.9 Å². The van der Waals surface area contributed by atoms with Gasteiger partial charge in [0.25, 0.3) is 5.91 Å². The molecule has 0 radical (unpaired) electrons. The van der Waals surface area contributed by atoms with E-state index in [9.17, 15) is 14.9 Å². The van der Waals surface area contributed by atoms with Gasteiger partial charge in [-0.25, -0.2) is 0 Å². The van der Waals surface area contributed by atoms with E-state index in [1.807, 2.05) is 0 Å². The summed E-state index contributed by atoms with van der Waals surface area (Å²) in [6.07, 6.45) is 5.39. The highest BCUT2D eigenvalue weighted by atomic mass is 35.5. The minimum atomic E-state index is -0.682. The van der Waals surface area contributed by atoms with Crippen LogP contribution in [-0.4, -0.2) is 17.4 Å². The van der Waals surface area contributed by atoms with E-state index in [-0.39, 0.29) is 17.1 Å². The zero-order valence-electron chi connectivity index (χ0n) is 8.77. The molecule has 6 heteroatoms. The second kappa shape index (κ2) is 5.87. The molecule has 5 nitrogen and oxygen atoms in total. The number of carbonyl (C=O) groups excluding carboxylic acids is 1. The highest BCUT2D eigenvalue weighted by Gasteiger charge is 2.22. The number of nitrogens with zero attached hydrogens (tertiary/aromatic N) is 1. The third-order valence-electron chi connectivity index (χ3n) is 1.97. The van der Waals surface area contributed by atoms with Gasteiger partial charge in [0.1, 0.15) is 10.6 Å². The number of hydrogen-bond acceptors (Lipinski definition) is 3. The fraction of sp³-hybridized carbons (Fsp3) is 0.182. The van der Waals surface area contributed by atoms with Crippen molar-refractivity contribution in [2.75, 3.05) is 6.54 Å². The Hall–Kier alpha value is -2.06. The molecule has 0 spiro atoms. The first-order valence-electron chi connectivity index (χ1n) is 4.72. The van der Waals surface area contributed by atoms with E-state index >= 15 is 0 Å². The lowest BCUT2D eigenvalue weighted by Gasteiger charge is -2.04. The lowest BCUT2D eigenvalue weighted by molar-refractivity contribution is -0.385. The van der Waals surface area contributed by atoms with Crippen LogP contribution in [0, 0.1) is 22.5 Å². The lowest BCUT2D eigenvalue weighted by atomic mass is 10.1. The van der Waals surface area contributed by atoms with Crippen molar-refractivity contribution in [3.63, 3.8) is 0 Å². The predicted octanol–water partition coefficient (Wildman–Crippen LogP) is 2.00. The minimum Gasteiger partial charge on any atom is -0.351 e. The van der Waals surface area contributed by atoms with Crippen LogP contribution < -0.4 is 5.32 Å². The van der Waals surface area contributed by atoms with Crippen molar-refractivity contribution in [3.8, 4) is 12.3 Å². The largest absolute Gasteiger partial charge is 0.351 e. The monoisotopic (exact) mass is 252 g/mol. The molecule has 1 aromatic carbocycles. The van der Waals surface area contributed by atoms with Crippen molar-refractivity contribution in [2.24, 2.45) is 0 Å². The number of nitrogens with one attached hydrogen (secondary N) is 1. The number of halogens is 1. The van der Waals surface area contributed by atoms with Crippen molar-refractivity contribution in [1.82, 2.24) is 5.32 Å². The second-order valence-corrected chi connectivity index (χ2v) is 3.51. The Labute approximate surface area is 103 Å². The van der Waals surface area contributed by atoms with Crippen molar-refractivity contribution < 1.29 is 9.72 Å². The van der Waals surface area contributed by atoms with Crippen LogP contribution >= 0.6 is 11.6 Å². The van der Waals surface area contributed by atoms with E-state index < -0.39 is 16.5 Å². The van der Waals surface area contributed by atoms with E-state index in [0.29, 0.717) is 6.42 Å². The Balaban J connectivity index is 2.98. The molecule has 1 rings (SSSR count). The Kier molecular flexibility index (Phi) is 4.49. The Morgan fingerprint density at radius 3 is 2.88 bits per heavy atom. The molecule has 0 heterocycles. The molecule has 1 N–H and O–H groups in total. The summed E-state index contributed by atoms with van der Waals surface area (Å²) in [5, 5.41) is 13.2. The molecule has 0 unspecified atom stereocenters. The molecule has 0 bridgehead atoms. The molecule has 1 aromatic rings. The van der Waals surface area contributed by atoms with Crippen LogP contribution in [0.1, 0.15) is 16.8 Å². The SMILES string of the molecule is C#CCCNC(=O)c1cccc(Cl)c1[N+](=O)[O-]. The molecule has 0 aromatic heterocycles. The predicted molar refractivity (Wildman–Crippen MR) is 63.9 cm³/mol. The van der Waals surface area contributed by atoms with Gasteiger partial charge in [-0.1, -0.05) is 17.7 Å². The van der Waals surface area contributed by atoms with E-state index in [2.05, 4.69) is 11.2 Å². The molecule has 17 heavy (non-hydrogen) atoms. The van der Waals surface area contributed by atoms with Gasteiger partial charge in [0.2, 0.25) is 0 Å². The second-order valence-electron chi connectivity index (χ2n) is 3.10. The average Bonchev–Trinajstić information content (AvgIpc) is 2.28. The van der Waals surface area contributed by atoms with Gasteiger partial charge >= 0.3 is 5.69 Å². The number of nitro groups is 1. The van der Waals surface area contributed by atoms with Gasteiger partial charge < -0.3 is 5.32 Å². The fourth-order valence-electron chi connectivity index (χ4n) is 1.23. The van der Waals surface area contributed by atoms with Gasteiger partial charge in [-0.2, -0.15) is 0 Å². The van der Waals surface area contributed by atoms with Crippen LogP contribution in [0.3, 0.4) is 0 Å². The number of nitro benzene ring substituents is 1.